The van der Waals surface area contributed by atoms with Gasteiger partial charge in [-0.25, -0.2) is 14.6 Å². The molecule has 9 nitrogen and oxygen atoms in total. The van der Waals surface area contributed by atoms with Crippen molar-refractivity contribution < 1.29 is 19.1 Å². The van der Waals surface area contributed by atoms with E-state index in [1.54, 1.807) is 36.4 Å². The van der Waals surface area contributed by atoms with Gasteiger partial charge in [-0.2, -0.15) is 4.99 Å². The van der Waals surface area contributed by atoms with Gasteiger partial charge in [-0.1, -0.05) is 6.07 Å². The quantitative estimate of drug-likeness (QED) is 0.101. The van der Waals surface area contributed by atoms with Gasteiger partial charge >= 0.3 is 6.03 Å². The Balaban J connectivity index is 1.18. The van der Waals surface area contributed by atoms with Crippen molar-refractivity contribution >= 4 is 72.1 Å². The standard InChI is InChI=1S/C31H25Br2N5O4/c1-2-41-28-12-9-23(17-25(28)33)36-31(40)35-21-6-4-20(5-7-21)30-37-26-10-3-19(15-27(26)38-30)13-14-42-29-11-8-22(34-18-39)16-24(29)32/h3-12,15-17H,2,13-14H2,1H3,(H,37,38)(H2,35,36,40). The van der Waals surface area contributed by atoms with E-state index >= 15 is 0 Å². The summed E-state index contributed by atoms with van der Waals surface area (Å²) in [4.78, 5) is 34.6. The van der Waals surface area contributed by atoms with Crippen LogP contribution in [0.15, 0.2) is 92.8 Å². The predicted octanol–water partition coefficient (Wildman–Crippen LogP) is 8.39. The van der Waals surface area contributed by atoms with E-state index in [0.29, 0.717) is 42.4 Å². The zero-order valence-electron chi connectivity index (χ0n) is 22.4. The number of carbonyl (C=O) groups excluding carboxylic acids is 2. The summed E-state index contributed by atoms with van der Waals surface area (Å²) in [5.41, 5.74) is 5.56. The number of nitrogens with one attached hydrogen (secondary N) is 3. The number of hydrogen-bond acceptors (Lipinski definition) is 6. The van der Waals surface area contributed by atoms with Gasteiger partial charge < -0.3 is 25.1 Å². The van der Waals surface area contributed by atoms with E-state index < -0.39 is 0 Å². The predicted molar refractivity (Wildman–Crippen MR) is 171 cm³/mol. The number of halogens is 2. The molecule has 0 spiro atoms. The molecule has 1 heterocycles. The summed E-state index contributed by atoms with van der Waals surface area (Å²) in [7, 11) is 0. The van der Waals surface area contributed by atoms with Gasteiger partial charge in [0.1, 0.15) is 17.3 Å². The molecular weight excluding hydrogens is 666 g/mol. The number of anilines is 2. The van der Waals surface area contributed by atoms with Gasteiger partial charge in [0.05, 0.1) is 38.9 Å². The van der Waals surface area contributed by atoms with Gasteiger partial charge in [0.2, 0.25) is 6.08 Å². The summed E-state index contributed by atoms with van der Waals surface area (Å²) in [6, 6.07) is 23.7. The zero-order chi connectivity index (χ0) is 29.5. The minimum Gasteiger partial charge on any atom is -0.493 e. The van der Waals surface area contributed by atoms with Crippen LogP contribution < -0.4 is 20.1 Å². The first kappa shape index (κ1) is 29.1. The van der Waals surface area contributed by atoms with Crippen molar-refractivity contribution in [1.82, 2.24) is 9.97 Å². The number of amides is 2. The highest BCUT2D eigenvalue weighted by Gasteiger charge is 2.10. The molecule has 3 N–H and O–H groups in total. The molecule has 11 heteroatoms. The molecule has 0 bridgehead atoms. The van der Waals surface area contributed by atoms with Crippen LogP contribution in [0.3, 0.4) is 0 Å². The lowest BCUT2D eigenvalue weighted by Crippen LogP contribution is -2.19. The third-order valence-electron chi connectivity index (χ3n) is 6.19. The van der Waals surface area contributed by atoms with Crippen molar-refractivity contribution in [2.75, 3.05) is 23.8 Å². The molecule has 5 rings (SSSR count). The Morgan fingerprint density at radius 1 is 0.905 bits per heavy atom. The number of benzene rings is 4. The second-order valence-electron chi connectivity index (χ2n) is 9.09. The van der Waals surface area contributed by atoms with Crippen LogP contribution in [0.25, 0.3) is 22.4 Å². The molecule has 0 atom stereocenters. The number of nitrogens with zero attached hydrogens (tertiary/aromatic N) is 2. The Hall–Kier alpha value is -4.44. The SMILES string of the molecule is CCOc1ccc(NC(=O)Nc2ccc(-c3nc4ccc(CCOc5ccc(N=C=O)cc5Br)cc4[nH]3)cc2)cc1Br. The number of carbonyl (C=O) groups is 1. The average molecular weight is 691 g/mol. The largest absolute Gasteiger partial charge is 0.493 e. The molecular formula is C31H25Br2N5O4. The van der Waals surface area contributed by atoms with Crippen LogP contribution >= 0.6 is 31.9 Å². The third-order valence-corrected chi connectivity index (χ3v) is 7.43. The number of hydrogen-bond donors (Lipinski definition) is 3. The fourth-order valence-corrected chi connectivity index (χ4v) is 5.19. The van der Waals surface area contributed by atoms with E-state index in [1.807, 2.05) is 43.3 Å². The van der Waals surface area contributed by atoms with E-state index in [9.17, 15) is 9.59 Å². The first-order chi connectivity index (χ1) is 20.4. The molecule has 1 aromatic heterocycles. The molecule has 0 saturated carbocycles. The number of H-pyrrole nitrogens is 1. The number of rotatable bonds is 10. The molecule has 2 amide bonds. The van der Waals surface area contributed by atoms with Gasteiger partial charge in [0.25, 0.3) is 0 Å². The lowest BCUT2D eigenvalue weighted by molar-refractivity contribution is 0.262. The number of imidazole rings is 1. The minimum atomic E-state index is -0.351. The van der Waals surface area contributed by atoms with Crippen LogP contribution in [0.2, 0.25) is 0 Å². The topological polar surface area (TPSA) is 118 Å². The molecule has 0 aliphatic heterocycles. The van der Waals surface area contributed by atoms with Crippen molar-refractivity contribution in [3.63, 3.8) is 0 Å². The Morgan fingerprint density at radius 3 is 2.36 bits per heavy atom. The third kappa shape index (κ3) is 7.25. The normalized spacial score (nSPS) is 10.6. The van der Waals surface area contributed by atoms with Crippen LogP contribution in [0, 0.1) is 0 Å². The monoisotopic (exact) mass is 689 g/mol. The van der Waals surface area contributed by atoms with Crippen molar-refractivity contribution in [3.05, 3.63) is 93.4 Å². The maximum Gasteiger partial charge on any atom is 0.323 e. The number of aromatic nitrogens is 2. The van der Waals surface area contributed by atoms with Crippen LogP contribution in [0.4, 0.5) is 21.9 Å². The smallest absolute Gasteiger partial charge is 0.323 e. The van der Waals surface area contributed by atoms with E-state index in [0.717, 1.165) is 42.7 Å². The van der Waals surface area contributed by atoms with Crippen LogP contribution in [-0.4, -0.2) is 35.3 Å². The van der Waals surface area contributed by atoms with Crippen LogP contribution in [0.5, 0.6) is 11.5 Å². The molecule has 42 heavy (non-hydrogen) atoms. The lowest BCUT2D eigenvalue weighted by Gasteiger charge is -2.10. The van der Waals surface area contributed by atoms with Crippen molar-refractivity contribution in [2.45, 2.75) is 13.3 Å². The maximum absolute atomic E-state index is 12.5. The summed E-state index contributed by atoms with van der Waals surface area (Å²) in [5.74, 6) is 2.12. The lowest BCUT2D eigenvalue weighted by atomic mass is 10.1. The molecule has 4 aromatic carbocycles. The Kier molecular flexibility index (Phi) is 9.33. The second-order valence-corrected chi connectivity index (χ2v) is 10.8. The summed E-state index contributed by atoms with van der Waals surface area (Å²) in [6.07, 6.45) is 2.22. The number of isocyanates is 1. The van der Waals surface area contributed by atoms with Crippen molar-refractivity contribution in [3.8, 4) is 22.9 Å². The molecule has 0 unspecified atom stereocenters. The molecule has 212 valence electrons. The highest BCUT2D eigenvalue weighted by atomic mass is 79.9. The van der Waals surface area contributed by atoms with Gasteiger partial charge in [-0.3, -0.25) is 0 Å². The zero-order valence-corrected chi connectivity index (χ0v) is 25.6. The Bertz CT molecular complexity index is 1780. The van der Waals surface area contributed by atoms with Gasteiger partial charge in [-0.15, -0.1) is 0 Å². The molecule has 0 aliphatic carbocycles. The fourth-order valence-electron chi connectivity index (χ4n) is 4.21. The second kappa shape index (κ2) is 13.5. The summed E-state index contributed by atoms with van der Waals surface area (Å²) < 4.78 is 12.9. The summed E-state index contributed by atoms with van der Waals surface area (Å²) >= 11 is 6.90. The maximum atomic E-state index is 12.5. The number of ether oxygens (including phenoxy) is 2. The first-order valence-electron chi connectivity index (χ1n) is 13.0. The number of aromatic amines is 1. The van der Waals surface area contributed by atoms with Crippen molar-refractivity contribution in [2.24, 2.45) is 4.99 Å². The van der Waals surface area contributed by atoms with Gasteiger partial charge in [0, 0.05) is 23.4 Å². The Morgan fingerprint density at radius 2 is 1.62 bits per heavy atom. The van der Waals surface area contributed by atoms with Crippen molar-refractivity contribution in [1.29, 1.82) is 0 Å². The van der Waals surface area contributed by atoms with Gasteiger partial charge in [-0.05, 0) is 117 Å². The van der Waals surface area contributed by atoms with E-state index in [1.165, 1.54) is 6.08 Å². The van der Waals surface area contributed by atoms with Crippen LogP contribution in [-0.2, 0) is 11.2 Å². The van der Waals surface area contributed by atoms with Gasteiger partial charge in [0.15, 0.2) is 0 Å². The summed E-state index contributed by atoms with van der Waals surface area (Å²) in [5, 5.41) is 5.66. The molecule has 0 fully saturated rings. The number of urea groups is 1. The van der Waals surface area contributed by atoms with Crippen LogP contribution in [0.1, 0.15) is 12.5 Å². The summed E-state index contributed by atoms with van der Waals surface area (Å²) in [6.45, 7) is 2.95. The molecule has 0 radical (unpaired) electrons. The Labute approximate surface area is 258 Å². The number of aliphatic imine (C=N–C) groups is 1. The minimum absolute atomic E-state index is 0.351. The fraction of sp³-hybridized carbons (Fsp3) is 0.129. The molecule has 0 aliphatic rings. The molecule has 0 saturated heterocycles. The van der Waals surface area contributed by atoms with E-state index in [4.69, 9.17) is 14.5 Å². The molecule has 5 aromatic rings. The number of fused-ring (bicyclic) bond motifs is 1. The van der Waals surface area contributed by atoms with E-state index in [-0.39, 0.29) is 6.03 Å². The average Bonchev–Trinajstić information content (AvgIpc) is 3.40. The highest BCUT2D eigenvalue weighted by molar-refractivity contribution is 9.11. The van der Waals surface area contributed by atoms with E-state index in [2.05, 4.69) is 58.5 Å². The highest BCUT2D eigenvalue weighted by Crippen LogP contribution is 2.30. The first-order valence-corrected chi connectivity index (χ1v) is 14.6.